The first-order valence-corrected chi connectivity index (χ1v) is 8.27. The Morgan fingerprint density at radius 3 is 2.70 bits per heavy atom. The van der Waals surface area contributed by atoms with Gasteiger partial charge in [0.1, 0.15) is 12.2 Å². The van der Waals surface area contributed by atoms with Crippen molar-refractivity contribution in [3.63, 3.8) is 0 Å². The minimum absolute atomic E-state index is 0.133. The lowest BCUT2D eigenvalue weighted by Crippen LogP contribution is -2.20. The maximum Gasteiger partial charge on any atom is 0.262 e. The summed E-state index contributed by atoms with van der Waals surface area (Å²) < 4.78 is 5.50. The number of aryl methyl sites for hydroxylation is 2. The van der Waals surface area contributed by atoms with Gasteiger partial charge in [0.15, 0.2) is 6.61 Å². The van der Waals surface area contributed by atoms with Gasteiger partial charge in [0.2, 0.25) is 0 Å². The van der Waals surface area contributed by atoms with Crippen molar-refractivity contribution in [3.05, 3.63) is 59.2 Å². The number of rotatable bonds is 7. The van der Waals surface area contributed by atoms with Crippen LogP contribution in [0.2, 0.25) is 0 Å². The molecule has 7 heteroatoms. The summed E-state index contributed by atoms with van der Waals surface area (Å²) in [5, 5.41) is 14.9. The highest BCUT2D eigenvalue weighted by Crippen LogP contribution is 2.15. The highest BCUT2D eigenvalue weighted by atomic mass is 16.5. The molecule has 2 amide bonds. The van der Waals surface area contributed by atoms with Gasteiger partial charge in [-0.15, -0.1) is 0 Å². The van der Waals surface area contributed by atoms with Crippen LogP contribution in [-0.2, 0) is 9.59 Å². The number of nitrogens with zero attached hydrogens (tertiary/aromatic N) is 2. The van der Waals surface area contributed by atoms with Crippen molar-refractivity contribution in [2.24, 2.45) is 5.10 Å². The summed E-state index contributed by atoms with van der Waals surface area (Å²) in [6, 6.07) is 14.3. The summed E-state index contributed by atoms with van der Waals surface area (Å²) in [7, 11) is 0. The van der Waals surface area contributed by atoms with Crippen molar-refractivity contribution in [2.75, 3.05) is 11.9 Å². The molecule has 2 aromatic rings. The van der Waals surface area contributed by atoms with Crippen LogP contribution in [0.15, 0.2) is 47.6 Å². The number of ether oxygens (including phenoxy) is 1. The molecule has 2 aromatic carbocycles. The Morgan fingerprint density at radius 2 is 1.96 bits per heavy atom. The number of carbonyl (C=O) groups is 2. The fourth-order valence-electron chi connectivity index (χ4n) is 2.14. The van der Waals surface area contributed by atoms with Crippen LogP contribution >= 0.6 is 0 Å². The van der Waals surface area contributed by atoms with Gasteiger partial charge in [-0.3, -0.25) is 9.59 Å². The Bertz CT molecular complexity index is 900. The van der Waals surface area contributed by atoms with E-state index >= 15 is 0 Å². The van der Waals surface area contributed by atoms with Gasteiger partial charge in [-0.05, 0) is 54.8 Å². The molecule has 138 valence electrons. The molecule has 0 spiro atoms. The van der Waals surface area contributed by atoms with Crippen molar-refractivity contribution in [1.82, 2.24) is 5.43 Å². The predicted molar refractivity (Wildman–Crippen MR) is 102 cm³/mol. The number of anilines is 1. The highest BCUT2D eigenvalue weighted by molar-refractivity contribution is 5.92. The van der Waals surface area contributed by atoms with Crippen molar-refractivity contribution in [1.29, 1.82) is 5.26 Å². The van der Waals surface area contributed by atoms with Crippen LogP contribution in [0.25, 0.3) is 0 Å². The summed E-state index contributed by atoms with van der Waals surface area (Å²) in [5.41, 5.74) is 5.90. The van der Waals surface area contributed by atoms with Crippen molar-refractivity contribution < 1.29 is 14.3 Å². The number of hydrogen-bond acceptors (Lipinski definition) is 5. The third kappa shape index (κ3) is 6.63. The number of hydrogen-bond donors (Lipinski definition) is 2. The molecule has 7 nitrogen and oxygen atoms in total. The maximum atomic E-state index is 12.0. The molecule has 0 unspecified atom stereocenters. The first-order valence-electron chi connectivity index (χ1n) is 8.27. The minimum Gasteiger partial charge on any atom is -0.484 e. The molecule has 0 aliphatic heterocycles. The standard InChI is InChI=1S/C20H20N4O3/c1-14-6-7-17(10-15(14)2)23-20(26)13-27-18-5-3-4-16(11-18)12-22-24-19(25)8-9-21/h3-7,10-12H,8,13H2,1-2H3,(H,23,26)(H,24,25)/b22-12-. The summed E-state index contributed by atoms with van der Waals surface area (Å²) in [5.74, 6) is -0.247. The second-order valence-electron chi connectivity index (χ2n) is 5.84. The monoisotopic (exact) mass is 364 g/mol. The zero-order valence-corrected chi connectivity index (χ0v) is 15.2. The minimum atomic E-state index is -0.482. The maximum absolute atomic E-state index is 12.0. The van der Waals surface area contributed by atoms with Crippen LogP contribution in [0, 0.1) is 25.2 Å². The summed E-state index contributed by atoms with van der Waals surface area (Å²) in [4.78, 5) is 23.2. The average Bonchev–Trinajstić information content (AvgIpc) is 2.64. The van der Waals surface area contributed by atoms with Gasteiger partial charge < -0.3 is 10.1 Å². The predicted octanol–water partition coefficient (Wildman–Crippen LogP) is 2.68. The number of benzene rings is 2. The largest absolute Gasteiger partial charge is 0.484 e. The molecule has 0 aliphatic carbocycles. The topological polar surface area (TPSA) is 104 Å². The Labute approximate surface area is 157 Å². The van der Waals surface area contributed by atoms with E-state index < -0.39 is 5.91 Å². The molecule has 27 heavy (non-hydrogen) atoms. The molecule has 2 N–H and O–H groups in total. The average molecular weight is 364 g/mol. The van der Waals surface area contributed by atoms with E-state index in [4.69, 9.17) is 10.00 Å². The first-order chi connectivity index (χ1) is 13.0. The van der Waals surface area contributed by atoms with Gasteiger partial charge in [-0.1, -0.05) is 18.2 Å². The van der Waals surface area contributed by atoms with E-state index in [1.54, 1.807) is 30.3 Å². The Balaban J connectivity index is 1.87. The number of carbonyl (C=O) groups excluding carboxylic acids is 2. The third-order valence-electron chi connectivity index (χ3n) is 3.66. The van der Waals surface area contributed by atoms with Crippen LogP contribution in [0.5, 0.6) is 5.75 Å². The SMILES string of the molecule is Cc1ccc(NC(=O)COc2cccc(/C=N\NC(=O)CC#N)c2)cc1C. The third-order valence-corrected chi connectivity index (χ3v) is 3.66. The molecule has 0 saturated carbocycles. The molecule has 0 heterocycles. The van der Waals surface area contributed by atoms with Crippen LogP contribution in [0.3, 0.4) is 0 Å². The quantitative estimate of drug-likeness (QED) is 0.582. The number of nitriles is 1. The van der Waals surface area contributed by atoms with Gasteiger partial charge >= 0.3 is 0 Å². The molecule has 2 rings (SSSR count). The van der Waals surface area contributed by atoms with Crippen LogP contribution in [0.1, 0.15) is 23.1 Å². The van der Waals surface area contributed by atoms with Gasteiger partial charge in [0, 0.05) is 5.69 Å². The number of hydrazone groups is 1. The van der Waals surface area contributed by atoms with Crippen molar-refractivity contribution in [3.8, 4) is 11.8 Å². The van der Waals surface area contributed by atoms with E-state index in [1.807, 2.05) is 32.0 Å². The molecule has 0 aliphatic rings. The fourth-order valence-corrected chi connectivity index (χ4v) is 2.14. The van der Waals surface area contributed by atoms with E-state index in [2.05, 4.69) is 15.8 Å². The Kier molecular flexibility index (Phi) is 7.08. The zero-order valence-electron chi connectivity index (χ0n) is 15.2. The van der Waals surface area contributed by atoms with E-state index in [1.165, 1.54) is 6.21 Å². The van der Waals surface area contributed by atoms with Crippen molar-refractivity contribution in [2.45, 2.75) is 20.3 Å². The lowest BCUT2D eigenvalue weighted by atomic mass is 10.1. The molecule has 0 bridgehead atoms. The van der Waals surface area contributed by atoms with Crippen molar-refractivity contribution >= 4 is 23.7 Å². The zero-order chi connectivity index (χ0) is 19.6. The van der Waals surface area contributed by atoms with Gasteiger partial charge in [-0.25, -0.2) is 5.43 Å². The van der Waals surface area contributed by atoms with E-state index in [-0.39, 0.29) is 18.9 Å². The number of amides is 2. The van der Waals surface area contributed by atoms with E-state index in [0.717, 1.165) is 16.8 Å². The normalized spacial score (nSPS) is 10.3. The highest BCUT2D eigenvalue weighted by Gasteiger charge is 2.05. The van der Waals surface area contributed by atoms with Gasteiger partial charge in [-0.2, -0.15) is 10.4 Å². The van der Waals surface area contributed by atoms with Crippen LogP contribution in [-0.4, -0.2) is 24.6 Å². The molecule has 0 saturated heterocycles. The summed E-state index contributed by atoms with van der Waals surface area (Å²) in [6.07, 6.45) is 1.17. The van der Waals surface area contributed by atoms with Gasteiger partial charge in [0.25, 0.3) is 11.8 Å². The molecule has 0 fully saturated rings. The molecular formula is C20H20N4O3. The fraction of sp³-hybridized carbons (Fsp3) is 0.200. The Morgan fingerprint density at radius 1 is 1.15 bits per heavy atom. The lowest BCUT2D eigenvalue weighted by Gasteiger charge is -2.09. The Hall–Kier alpha value is -3.66. The first kappa shape index (κ1) is 19.7. The lowest BCUT2D eigenvalue weighted by molar-refractivity contribution is -0.120. The molecule has 0 atom stereocenters. The van der Waals surface area contributed by atoms with E-state index in [9.17, 15) is 9.59 Å². The van der Waals surface area contributed by atoms with Gasteiger partial charge in [0.05, 0.1) is 12.3 Å². The molecular weight excluding hydrogens is 344 g/mol. The van der Waals surface area contributed by atoms with Crippen LogP contribution < -0.4 is 15.5 Å². The van der Waals surface area contributed by atoms with Crippen LogP contribution in [0.4, 0.5) is 5.69 Å². The molecule has 0 aromatic heterocycles. The smallest absolute Gasteiger partial charge is 0.262 e. The molecule has 0 radical (unpaired) electrons. The second-order valence-corrected chi connectivity index (χ2v) is 5.84. The number of nitrogens with one attached hydrogen (secondary N) is 2. The summed E-state index contributed by atoms with van der Waals surface area (Å²) >= 11 is 0. The second kappa shape index (κ2) is 9.73. The van der Waals surface area contributed by atoms with E-state index in [0.29, 0.717) is 11.3 Å². The summed E-state index contributed by atoms with van der Waals surface area (Å²) in [6.45, 7) is 3.86.